The quantitative estimate of drug-likeness (QED) is 0.763. The van der Waals surface area contributed by atoms with Gasteiger partial charge >= 0.3 is 0 Å². The van der Waals surface area contributed by atoms with Crippen molar-refractivity contribution < 1.29 is 0 Å². The lowest BCUT2D eigenvalue weighted by molar-refractivity contribution is 0.690. The Hall–Kier alpha value is 0.230. The fraction of sp³-hybridized carbons (Fsp3) is 0.455. The van der Waals surface area contributed by atoms with Crippen molar-refractivity contribution in [3.63, 3.8) is 0 Å². The molecule has 1 aromatic carbocycles. The van der Waals surface area contributed by atoms with Crippen molar-refractivity contribution in [2.75, 3.05) is 5.32 Å². The molecule has 1 N–H and O–H groups in total. The van der Waals surface area contributed by atoms with Gasteiger partial charge in [-0.2, -0.15) is 0 Å². The molecule has 1 unspecified atom stereocenters. The Labute approximate surface area is 108 Å². The Balaban J connectivity index is 2.70. The lowest BCUT2D eigenvalue weighted by atomic mass is 10.2. The van der Waals surface area contributed by atoms with Crippen molar-refractivity contribution in [3.05, 3.63) is 26.2 Å². The predicted octanol–water partition coefficient (Wildman–Crippen LogP) is 4.65. The first kappa shape index (κ1) is 12.3. The molecule has 0 fully saturated rings. The van der Waals surface area contributed by atoms with Crippen molar-refractivity contribution in [3.8, 4) is 0 Å². The molecular weight excluding hydrogens is 353 g/mol. The van der Waals surface area contributed by atoms with Crippen LogP contribution in [-0.2, 0) is 0 Å². The van der Waals surface area contributed by atoms with Gasteiger partial charge in [0.25, 0.3) is 0 Å². The van der Waals surface area contributed by atoms with Crippen LogP contribution in [0.5, 0.6) is 0 Å². The predicted molar refractivity (Wildman–Crippen MR) is 74.9 cm³/mol. The third-order valence-corrected chi connectivity index (χ3v) is 3.49. The van der Waals surface area contributed by atoms with Gasteiger partial charge in [-0.05, 0) is 54.1 Å². The fourth-order valence-electron chi connectivity index (χ4n) is 1.38. The molecule has 0 saturated carbocycles. The van der Waals surface area contributed by atoms with Crippen LogP contribution in [0.2, 0.25) is 0 Å². The van der Waals surface area contributed by atoms with Crippen molar-refractivity contribution in [1.82, 2.24) is 0 Å². The number of halogens is 2. The summed E-state index contributed by atoms with van der Waals surface area (Å²) in [6.07, 6.45) is 2.43. The molecule has 0 aliphatic carbocycles. The Morgan fingerprint density at radius 3 is 2.86 bits per heavy atom. The van der Waals surface area contributed by atoms with E-state index >= 15 is 0 Å². The van der Waals surface area contributed by atoms with E-state index in [2.05, 4.69) is 75.9 Å². The van der Waals surface area contributed by atoms with Gasteiger partial charge in [-0.15, -0.1) is 0 Å². The van der Waals surface area contributed by atoms with Gasteiger partial charge in [0.1, 0.15) is 0 Å². The zero-order chi connectivity index (χ0) is 10.6. The van der Waals surface area contributed by atoms with E-state index < -0.39 is 0 Å². The second-order valence-corrected chi connectivity index (χ2v) is 5.54. The van der Waals surface area contributed by atoms with Crippen LogP contribution >= 0.6 is 38.5 Å². The van der Waals surface area contributed by atoms with Gasteiger partial charge < -0.3 is 5.32 Å². The average Bonchev–Trinajstić information content (AvgIpc) is 2.12. The highest BCUT2D eigenvalue weighted by atomic mass is 127. The Morgan fingerprint density at radius 2 is 2.21 bits per heavy atom. The number of anilines is 1. The maximum absolute atomic E-state index is 3.51. The zero-order valence-corrected chi connectivity index (χ0v) is 12.2. The van der Waals surface area contributed by atoms with Crippen LogP contribution in [0, 0.1) is 3.57 Å². The molecule has 1 rings (SSSR count). The van der Waals surface area contributed by atoms with Crippen molar-refractivity contribution in [1.29, 1.82) is 0 Å². The van der Waals surface area contributed by atoms with Gasteiger partial charge in [0, 0.05) is 19.8 Å². The van der Waals surface area contributed by atoms with E-state index in [4.69, 9.17) is 0 Å². The molecule has 78 valence electrons. The lowest BCUT2D eigenvalue weighted by Crippen LogP contribution is -2.15. The molecule has 0 aromatic heterocycles. The minimum Gasteiger partial charge on any atom is -0.382 e. The summed E-state index contributed by atoms with van der Waals surface area (Å²) in [6.45, 7) is 4.44. The smallest absolute Gasteiger partial charge is 0.0489 e. The van der Waals surface area contributed by atoms with E-state index in [0.29, 0.717) is 6.04 Å². The number of hydrogen-bond donors (Lipinski definition) is 1. The number of nitrogens with one attached hydrogen (secondary N) is 1. The van der Waals surface area contributed by atoms with Crippen molar-refractivity contribution in [2.24, 2.45) is 0 Å². The fourth-order valence-corrected chi connectivity index (χ4v) is 2.23. The molecule has 0 spiro atoms. The molecule has 3 heteroatoms. The number of hydrogen-bond acceptors (Lipinski definition) is 1. The van der Waals surface area contributed by atoms with Crippen molar-refractivity contribution in [2.45, 2.75) is 32.7 Å². The zero-order valence-electron chi connectivity index (χ0n) is 8.48. The molecule has 0 aliphatic heterocycles. The van der Waals surface area contributed by atoms with Gasteiger partial charge in [0.2, 0.25) is 0 Å². The SMILES string of the molecule is CCCC(C)Nc1cc(Br)ccc1I. The van der Waals surface area contributed by atoms with Crippen LogP contribution in [0.15, 0.2) is 22.7 Å². The van der Waals surface area contributed by atoms with E-state index in [0.717, 1.165) is 4.47 Å². The molecule has 0 radical (unpaired) electrons. The normalized spacial score (nSPS) is 12.6. The Morgan fingerprint density at radius 1 is 1.50 bits per heavy atom. The van der Waals surface area contributed by atoms with Gasteiger partial charge in [-0.25, -0.2) is 0 Å². The second kappa shape index (κ2) is 5.95. The Kier molecular flexibility index (Phi) is 5.23. The van der Waals surface area contributed by atoms with E-state index in [1.54, 1.807) is 0 Å². The van der Waals surface area contributed by atoms with Crippen LogP contribution in [0.25, 0.3) is 0 Å². The molecule has 0 amide bonds. The van der Waals surface area contributed by atoms with Crippen LogP contribution in [0.3, 0.4) is 0 Å². The Bertz CT molecular complexity index is 301. The molecule has 0 saturated heterocycles. The monoisotopic (exact) mass is 367 g/mol. The van der Waals surface area contributed by atoms with E-state index in [9.17, 15) is 0 Å². The summed E-state index contributed by atoms with van der Waals surface area (Å²) in [5.41, 5.74) is 1.22. The maximum atomic E-state index is 3.51. The highest BCUT2D eigenvalue weighted by molar-refractivity contribution is 14.1. The summed E-state index contributed by atoms with van der Waals surface area (Å²) in [5, 5.41) is 3.51. The third-order valence-electron chi connectivity index (χ3n) is 2.05. The minimum atomic E-state index is 0.544. The minimum absolute atomic E-state index is 0.544. The first-order chi connectivity index (χ1) is 6.63. The first-order valence-corrected chi connectivity index (χ1v) is 6.72. The summed E-state index contributed by atoms with van der Waals surface area (Å²) >= 11 is 5.84. The summed E-state index contributed by atoms with van der Waals surface area (Å²) in [7, 11) is 0. The number of benzene rings is 1. The molecule has 0 bridgehead atoms. The molecule has 14 heavy (non-hydrogen) atoms. The average molecular weight is 368 g/mol. The second-order valence-electron chi connectivity index (χ2n) is 3.46. The molecule has 1 nitrogen and oxygen atoms in total. The summed E-state index contributed by atoms with van der Waals surface area (Å²) in [4.78, 5) is 0. The molecule has 1 aromatic rings. The molecule has 1 atom stereocenters. The molecule has 0 heterocycles. The highest BCUT2D eigenvalue weighted by Crippen LogP contribution is 2.23. The van der Waals surface area contributed by atoms with E-state index in [1.807, 2.05) is 0 Å². The third kappa shape index (κ3) is 3.77. The standard InChI is InChI=1S/C11H15BrIN/c1-3-4-8(2)14-11-7-9(12)5-6-10(11)13/h5-8,14H,3-4H2,1-2H3. The summed E-state index contributed by atoms with van der Waals surface area (Å²) in [5.74, 6) is 0. The van der Waals surface area contributed by atoms with Crippen LogP contribution < -0.4 is 5.32 Å². The lowest BCUT2D eigenvalue weighted by Gasteiger charge is -2.15. The topological polar surface area (TPSA) is 12.0 Å². The van der Waals surface area contributed by atoms with Gasteiger partial charge in [0.15, 0.2) is 0 Å². The van der Waals surface area contributed by atoms with E-state index in [1.165, 1.54) is 22.1 Å². The van der Waals surface area contributed by atoms with Gasteiger partial charge in [-0.3, -0.25) is 0 Å². The number of rotatable bonds is 4. The first-order valence-electron chi connectivity index (χ1n) is 4.85. The summed E-state index contributed by atoms with van der Waals surface area (Å²) in [6, 6.07) is 6.86. The van der Waals surface area contributed by atoms with Gasteiger partial charge in [-0.1, -0.05) is 29.3 Å². The van der Waals surface area contributed by atoms with Gasteiger partial charge in [0.05, 0.1) is 0 Å². The van der Waals surface area contributed by atoms with Crippen LogP contribution in [-0.4, -0.2) is 6.04 Å². The largest absolute Gasteiger partial charge is 0.382 e. The molecular formula is C11H15BrIN. The van der Waals surface area contributed by atoms with E-state index in [-0.39, 0.29) is 0 Å². The maximum Gasteiger partial charge on any atom is 0.0489 e. The van der Waals surface area contributed by atoms with Crippen LogP contribution in [0.4, 0.5) is 5.69 Å². The van der Waals surface area contributed by atoms with Crippen LogP contribution in [0.1, 0.15) is 26.7 Å². The highest BCUT2D eigenvalue weighted by Gasteiger charge is 2.04. The van der Waals surface area contributed by atoms with Crippen molar-refractivity contribution >= 4 is 44.2 Å². The molecule has 0 aliphatic rings. The summed E-state index contributed by atoms with van der Waals surface area (Å²) < 4.78 is 2.40.